The van der Waals surface area contributed by atoms with Gasteiger partial charge in [-0.1, -0.05) is 12.8 Å². The molecule has 1 fully saturated rings. The van der Waals surface area contributed by atoms with Crippen LogP contribution in [0.25, 0.3) is 11.0 Å². The fourth-order valence-corrected chi connectivity index (χ4v) is 3.03. The van der Waals surface area contributed by atoms with Crippen LogP contribution in [0.3, 0.4) is 0 Å². The molecule has 1 unspecified atom stereocenters. The Kier molecular flexibility index (Phi) is 3.67. The number of rotatable bonds is 5. The molecule has 108 valence electrons. The number of hydrogen-bond acceptors (Lipinski definition) is 1. The normalized spacial score (nSPS) is 16.8. The standard InChI is InChI=1S/C15H17ClF2N2/c1-9(6-10-2-3-10)20-13-8-11(17)7-12(18)15(13)19-14(20)4-5-16/h7-10H,2-6H2,1H3. The van der Waals surface area contributed by atoms with E-state index in [1.54, 1.807) is 0 Å². The molecule has 20 heavy (non-hydrogen) atoms. The lowest BCUT2D eigenvalue weighted by molar-refractivity contribution is 0.473. The summed E-state index contributed by atoms with van der Waals surface area (Å²) in [6.07, 6.45) is 4.10. The summed E-state index contributed by atoms with van der Waals surface area (Å²) in [4.78, 5) is 4.33. The molecule has 1 saturated carbocycles. The molecule has 1 atom stereocenters. The summed E-state index contributed by atoms with van der Waals surface area (Å²) in [6.45, 7) is 2.08. The highest BCUT2D eigenvalue weighted by atomic mass is 35.5. The molecular formula is C15H17ClF2N2. The Morgan fingerprint density at radius 1 is 1.40 bits per heavy atom. The van der Waals surface area contributed by atoms with Crippen molar-refractivity contribution in [2.75, 3.05) is 5.88 Å². The second-order valence-electron chi connectivity index (χ2n) is 5.62. The van der Waals surface area contributed by atoms with Gasteiger partial charge < -0.3 is 4.57 Å². The van der Waals surface area contributed by atoms with Crippen molar-refractivity contribution in [3.05, 3.63) is 29.6 Å². The zero-order valence-corrected chi connectivity index (χ0v) is 12.1. The Morgan fingerprint density at radius 3 is 2.80 bits per heavy atom. The number of benzene rings is 1. The lowest BCUT2D eigenvalue weighted by Gasteiger charge is -2.17. The minimum absolute atomic E-state index is 0.187. The van der Waals surface area contributed by atoms with Crippen molar-refractivity contribution in [2.45, 2.75) is 38.6 Å². The fraction of sp³-hybridized carbons (Fsp3) is 0.533. The van der Waals surface area contributed by atoms with Crippen molar-refractivity contribution in [1.29, 1.82) is 0 Å². The van der Waals surface area contributed by atoms with Gasteiger partial charge in [-0.2, -0.15) is 0 Å². The first-order chi connectivity index (χ1) is 9.60. The SMILES string of the molecule is CC(CC1CC1)n1c(CCCl)nc2c(F)cc(F)cc21. The maximum Gasteiger partial charge on any atom is 0.153 e. The lowest BCUT2D eigenvalue weighted by Crippen LogP contribution is -2.11. The molecule has 0 bridgehead atoms. The molecule has 0 aliphatic heterocycles. The summed E-state index contributed by atoms with van der Waals surface area (Å²) >= 11 is 5.81. The quantitative estimate of drug-likeness (QED) is 0.745. The van der Waals surface area contributed by atoms with Gasteiger partial charge in [0.2, 0.25) is 0 Å². The Bertz CT molecular complexity index is 634. The summed E-state index contributed by atoms with van der Waals surface area (Å²) in [5.41, 5.74) is 0.782. The van der Waals surface area contributed by atoms with Crippen molar-refractivity contribution in [3.63, 3.8) is 0 Å². The third kappa shape index (κ3) is 2.53. The van der Waals surface area contributed by atoms with Crippen LogP contribution in [-0.4, -0.2) is 15.4 Å². The van der Waals surface area contributed by atoms with E-state index in [0.717, 1.165) is 24.2 Å². The summed E-state index contributed by atoms with van der Waals surface area (Å²) < 4.78 is 29.3. The molecule has 2 nitrogen and oxygen atoms in total. The highest BCUT2D eigenvalue weighted by Gasteiger charge is 2.26. The van der Waals surface area contributed by atoms with Gasteiger partial charge in [0.05, 0.1) is 5.52 Å². The zero-order chi connectivity index (χ0) is 14.3. The molecule has 0 spiro atoms. The second-order valence-corrected chi connectivity index (χ2v) is 6.00. The number of imidazole rings is 1. The zero-order valence-electron chi connectivity index (χ0n) is 11.4. The van der Waals surface area contributed by atoms with Crippen LogP contribution in [0.4, 0.5) is 8.78 Å². The lowest BCUT2D eigenvalue weighted by atomic mass is 10.1. The highest BCUT2D eigenvalue weighted by molar-refractivity contribution is 6.17. The van der Waals surface area contributed by atoms with E-state index in [2.05, 4.69) is 11.9 Å². The third-order valence-electron chi connectivity index (χ3n) is 3.92. The molecule has 1 aliphatic rings. The Morgan fingerprint density at radius 2 is 2.15 bits per heavy atom. The van der Waals surface area contributed by atoms with E-state index in [0.29, 0.717) is 17.8 Å². The molecule has 0 N–H and O–H groups in total. The van der Waals surface area contributed by atoms with Gasteiger partial charge in [-0.15, -0.1) is 11.6 Å². The number of fused-ring (bicyclic) bond motifs is 1. The monoisotopic (exact) mass is 298 g/mol. The van der Waals surface area contributed by atoms with E-state index in [9.17, 15) is 8.78 Å². The van der Waals surface area contributed by atoms with Gasteiger partial charge in [-0.3, -0.25) is 0 Å². The van der Waals surface area contributed by atoms with Crippen molar-refractivity contribution in [2.24, 2.45) is 5.92 Å². The molecule has 1 aliphatic carbocycles. The predicted molar refractivity (Wildman–Crippen MR) is 76.1 cm³/mol. The maximum atomic E-state index is 13.9. The fourth-order valence-electron chi connectivity index (χ4n) is 2.86. The van der Waals surface area contributed by atoms with Gasteiger partial charge in [-0.25, -0.2) is 13.8 Å². The molecule has 0 radical (unpaired) electrons. The number of hydrogen-bond donors (Lipinski definition) is 0. The first-order valence-corrected chi connectivity index (χ1v) is 7.55. The van der Waals surface area contributed by atoms with Crippen LogP contribution < -0.4 is 0 Å². The van der Waals surface area contributed by atoms with E-state index in [1.165, 1.54) is 18.9 Å². The average molecular weight is 299 g/mol. The van der Waals surface area contributed by atoms with Crippen molar-refractivity contribution in [1.82, 2.24) is 9.55 Å². The largest absolute Gasteiger partial charge is 0.325 e. The molecule has 3 rings (SSSR count). The number of nitrogens with zero attached hydrogens (tertiary/aromatic N) is 2. The molecular weight excluding hydrogens is 282 g/mol. The van der Waals surface area contributed by atoms with Crippen molar-refractivity contribution < 1.29 is 8.78 Å². The van der Waals surface area contributed by atoms with Crippen molar-refractivity contribution >= 4 is 22.6 Å². The van der Waals surface area contributed by atoms with Gasteiger partial charge >= 0.3 is 0 Å². The van der Waals surface area contributed by atoms with Crippen LogP contribution in [-0.2, 0) is 6.42 Å². The van der Waals surface area contributed by atoms with Crippen LogP contribution in [0.2, 0.25) is 0 Å². The second kappa shape index (κ2) is 5.32. The minimum Gasteiger partial charge on any atom is -0.325 e. The Hall–Kier alpha value is -1.16. The van der Waals surface area contributed by atoms with E-state index >= 15 is 0 Å². The highest BCUT2D eigenvalue weighted by Crippen LogP contribution is 2.38. The van der Waals surface area contributed by atoms with Crippen LogP contribution in [0.15, 0.2) is 12.1 Å². The molecule has 1 heterocycles. The van der Waals surface area contributed by atoms with Gasteiger partial charge in [-0.05, 0) is 25.3 Å². The topological polar surface area (TPSA) is 17.8 Å². The smallest absolute Gasteiger partial charge is 0.153 e. The Balaban J connectivity index is 2.11. The maximum absolute atomic E-state index is 13.9. The first-order valence-electron chi connectivity index (χ1n) is 7.02. The summed E-state index contributed by atoms with van der Waals surface area (Å²) in [6, 6.07) is 2.44. The summed E-state index contributed by atoms with van der Waals surface area (Å²) in [7, 11) is 0. The van der Waals surface area contributed by atoms with Gasteiger partial charge in [0.1, 0.15) is 17.2 Å². The molecule has 1 aromatic heterocycles. The van der Waals surface area contributed by atoms with Gasteiger partial charge in [0.15, 0.2) is 5.82 Å². The van der Waals surface area contributed by atoms with Crippen LogP contribution in [0.1, 0.15) is 38.1 Å². The third-order valence-corrected chi connectivity index (χ3v) is 4.11. The summed E-state index contributed by atoms with van der Waals surface area (Å²) in [5.74, 6) is 0.738. The molecule has 2 aromatic rings. The molecule has 0 amide bonds. The average Bonchev–Trinajstić information content (AvgIpc) is 3.10. The first kappa shape index (κ1) is 13.8. The van der Waals surface area contributed by atoms with Crippen LogP contribution in [0, 0.1) is 17.6 Å². The minimum atomic E-state index is -0.604. The van der Waals surface area contributed by atoms with E-state index < -0.39 is 11.6 Å². The number of aryl methyl sites for hydroxylation is 1. The van der Waals surface area contributed by atoms with Gasteiger partial charge in [0.25, 0.3) is 0 Å². The van der Waals surface area contributed by atoms with Crippen LogP contribution >= 0.6 is 11.6 Å². The number of halogens is 3. The van der Waals surface area contributed by atoms with Crippen LogP contribution in [0.5, 0.6) is 0 Å². The molecule has 0 saturated heterocycles. The van der Waals surface area contributed by atoms with Crippen molar-refractivity contribution in [3.8, 4) is 0 Å². The molecule has 5 heteroatoms. The van der Waals surface area contributed by atoms with Gasteiger partial charge in [0, 0.05) is 24.4 Å². The number of aromatic nitrogens is 2. The van der Waals surface area contributed by atoms with E-state index in [-0.39, 0.29) is 11.6 Å². The molecule has 1 aromatic carbocycles. The Labute approximate surface area is 121 Å². The van der Waals surface area contributed by atoms with E-state index in [4.69, 9.17) is 11.6 Å². The number of alkyl halides is 1. The predicted octanol–water partition coefficient (Wildman–Crippen LogP) is 4.46. The van der Waals surface area contributed by atoms with E-state index in [1.807, 2.05) is 4.57 Å². The summed E-state index contributed by atoms with van der Waals surface area (Å²) in [5, 5.41) is 0.